The lowest BCUT2D eigenvalue weighted by Gasteiger charge is -2.15. The van der Waals surface area contributed by atoms with Crippen LogP contribution in [0.5, 0.6) is 23.0 Å². The summed E-state index contributed by atoms with van der Waals surface area (Å²) in [5, 5.41) is 5.50. The Bertz CT molecular complexity index is 1120. The summed E-state index contributed by atoms with van der Waals surface area (Å²) in [5.74, 6) is 1.62. The van der Waals surface area contributed by atoms with Gasteiger partial charge in [-0.2, -0.15) is 0 Å². The fourth-order valence-electron chi connectivity index (χ4n) is 3.15. The van der Waals surface area contributed by atoms with Crippen molar-refractivity contribution in [1.29, 1.82) is 0 Å². The van der Waals surface area contributed by atoms with Gasteiger partial charge in [0.1, 0.15) is 24.7 Å². The van der Waals surface area contributed by atoms with Crippen LogP contribution in [0, 0.1) is 0 Å². The van der Waals surface area contributed by atoms with Crippen LogP contribution in [0.3, 0.4) is 0 Å². The number of benzene rings is 3. The lowest BCUT2D eigenvalue weighted by Crippen LogP contribution is -2.14. The second-order valence-electron chi connectivity index (χ2n) is 7.15. The summed E-state index contributed by atoms with van der Waals surface area (Å²) < 4.78 is 22.5. The van der Waals surface area contributed by atoms with E-state index in [1.54, 1.807) is 36.4 Å². The minimum Gasteiger partial charge on any atom is -0.495 e. The van der Waals surface area contributed by atoms with Gasteiger partial charge in [0.15, 0.2) is 11.5 Å². The molecule has 0 aliphatic rings. The number of carbonyl (C=O) groups is 2. The third-order valence-corrected chi connectivity index (χ3v) is 4.63. The molecule has 0 radical (unpaired) electrons. The van der Waals surface area contributed by atoms with Crippen LogP contribution in [0.15, 0.2) is 66.7 Å². The van der Waals surface area contributed by atoms with Crippen molar-refractivity contribution in [3.8, 4) is 23.0 Å². The minimum absolute atomic E-state index is 0.214. The molecule has 0 saturated heterocycles. The van der Waals surface area contributed by atoms with Crippen LogP contribution in [-0.2, 0) is 4.79 Å². The molecule has 0 aromatic heterocycles. The van der Waals surface area contributed by atoms with Gasteiger partial charge in [0.05, 0.1) is 19.4 Å². The van der Waals surface area contributed by atoms with Crippen molar-refractivity contribution < 1.29 is 28.5 Å². The van der Waals surface area contributed by atoms with Crippen LogP contribution in [0.1, 0.15) is 24.2 Å². The van der Waals surface area contributed by atoms with Crippen LogP contribution >= 0.6 is 0 Å². The van der Waals surface area contributed by atoms with Gasteiger partial charge in [0, 0.05) is 18.2 Å². The standard InChI is InChI=1S/C26H28N2O6/c1-4-32-25-16-19(10-12-24(25)34-15-14-33-21-8-6-5-7-9-21)26(30)28-22-17-20(27-18(2)29)11-13-23(22)31-3/h5-13,16-17H,4,14-15H2,1-3H3,(H,27,29)(H,28,30). The monoisotopic (exact) mass is 464 g/mol. The van der Waals surface area contributed by atoms with E-state index in [1.807, 2.05) is 37.3 Å². The van der Waals surface area contributed by atoms with Crippen LogP contribution in [0.2, 0.25) is 0 Å². The Hall–Kier alpha value is -4.20. The van der Waals surface area contributed by atoms with Gasteiger partial charge in [-0.1, -0.05) is 18.2 Å². The van der Waals surface area contributed by atoms with E-state index in [4.69, 9.17) is 18.9 Å². The molecule has 0 unspecified atom stereocenters. The molecule has 34 heavy (non-hydrogen) atoms. The average molecular weight is 465 g/mol. The van der Waals surface area contributed by atoms with E-state index < -0.39 is 0 Å². The van der Waals surface area contributed by atoms with Gasteiger partial charge in [-0.3, -0.25) is 9.59 Å². The van der Waals surface area contributed by atoms with Crippen molar-refractivity contribution in [3.05, 3.63) is 72.3 Å². The molecule has 0 atom stereocenters. The number of carbonyl (C=O) groups excluding carboxylic acids is 2. The van der Waals surface area contributed by atoms with E-state index in [2.05, 4.69) is 10.6 Å². The van der Waals surface area contributed by atoms with Crippen molar-refractivity contribution in [3.63, 3.8) is 0 Å². The molecule has 8 nitrogen and oxygen atoms in total. The van der Waals surface area contributed by atoms with Crippen molar-refractivity contribution in [1.82, 2.24) is 0 Å². The van der Waals surface area contributed by atoms with Gasteiger partial charge in [-0.15, -0.1) is 0 Å². The van der Waals surface area contributed by atoms with Crippen LogP contribution in [0.4, 0.5) is 11.4 Å². The number of ether oxygens (including phenoxy) is 4. The van der Waals surface area contributed by atoms with Gasteiger partial charge in [0.2, 0.25) is 5.91 Å². The fourth-order valence-corrected chi connectivity index (χ4v) is 3.15. The van der Waals surface area contributed by atoms with Crippen molar-refractivity contribution in [2.75, 3.05) is 37.6 Å². The van der Waals surface area contributed by atoms with Gasteiger partial charge >= 0.3 is 0 Å². The Morgan fingerprint density at radius 1 is 0.794 bits per heavy atom. The van der Waals surface area contributed by atoms with E-state index in [-0.39, 0.29) is 11.8 Å². The maximum atomic E-state index is 12.9. The van der Waals surface area contributed by atoms with Gasteiger partial charge in [0.25, 0.3) is 5.91 Å². The highest BCUT2D eigenvalue weighted by Crippen LogP contribution is 2.31. The largest absolute Gasteiger partial charge is 0.495 e. The average Bonchev–Trinajstić information content (AvgIpc) is 2.83. The summed E-state index contributed by atoms with van der Waals surface area (Å²) in [6.45, 7) is 4.35. The predicted molar refractivity (Wildman–Crippen MR) is 130 cm³/mol. The first-order valence-corrected chi connectivity index (χ1v) is 10.8. The third kappa shape index (κ3) is 6.90. The molecule has 8 heteroatoms. The Morgan fingerprint density at radius 2 is 1.53 bits per heavy atom. The molecule has 0 saturated carbocycles. The summed E-state index contributed by atoms with van der Waals surface area (Å²) in [6, 6.07) is 19.4. The molecule has 3 rings (SSSR count). The maximum absolute atomic E-state index is 12.9. The molecule has 0 aliphatic carbocycles. The van der Waals surface area contributed by atoms with E-state index in [1.165, 1.54) is 14.0 Å². The Labute approximate surface area is 198 Å². The summed E-state index contributed by atoms with van der Waals surface area (Å²) in [4.78, 5) is 24.3. The van der Waals surface area contributed by atoms with E-state index in [0.717, 1.165) is 5.75 Å². The molecule has 0 spiro atoms. The van der Waals surface area contributed by atoms with Crippen LogP contribution in [-0.4, -0.2) is 38.7 Å². The molecular weight excluding hydrogens is 436 g/mol. The smallest absolute Gasteiger partial charge is 0.255 e. The second-order valence-corrected chi connectivity index (χ2v) is 7.15. The Balaban J connectivity index is 1.69. The number of hydrogen-bond acceptors (Lipinski definition) is 6. The first-order valence-electron chi connectivity index (χ1n) is 10.8. The number of anilines is 2. The molecule has 3 aromatic rings. The van der Waals surface area contributed by atoms with Gasteiger partial charge in [-0.05, 0) is 55.5 Å². The van der Waals surface area contributed by atoms with Crippen LogP contribution < -0.4 is 29.6 Å². The summed E-state index contributed by atoms with van der Waals surface area (Å²) in [6.07, 6.45) is 0. The highest BCUT2D eigenvalue weighted by molar-refractivity contribution is 6.06. The second kappa shape index (κ2) is 12.2. The Kier molecular flexibility index (Phi) is 8.73. The zero-order valence-electron chi connectivity index (χ0n) is 19.4. The van der Waals surface area contributed by atoms with Crippen molar-refractivity contribution in [2.24, 2.45) is 0 Å². The minimum atomic E-state index is -0.363. The lowest BCUT2D eigenvalue weighted by atomic mass is 10.1. The lowest BCUT2D eigenvalue weighted by molar-refractivity contribution is -0.114. The number of rotatable bonds is 11. The normalized spacial score (nSPS) is 10.2. The molecule has 3 aromatic carbocycles. The summed E-state index contributed by atoms with van der Waals surface area (Å²) >= 11 is 0. The van der Waals surface area contributed by atoms with Crippen LogP contribution in [0.25, 0.3) is 0 Å². The van der Waals surface area contributed by atoms with Crippen molar-refractivity contribution in [2.45, 2.75) is 13.8 Å². The maximum Gasteiger partial charge on any atom is 0.255 e. The number of methoxy groups -OCH3 is 1. The van der Waals surface area contributed by atoms with Gasteiger partial charge in [-0.25, -0.2) is 0 Å². The highest BCUT2D eigenvalue weighted by Gasteiger charge is 2.15. The fraction of sp³-hybridized carbons (Fsp3) is 0.231. The molecule has 0 bridgehead atoms. The quantitative estimate of drug-likeness (QED) is 0.397. The number of hydrogen-bond donors (Lipinski definition) is 2. The Morgan fingerprint density at radius 3 is 2.24 bits per heavy atom. The first kappa shape index (κ1) is 24.4. The molecule has 0 aliphatic heterocycles. The van der Waals surface area contributed by atoms with Gasteiger partial charge < -0.3 is 29.6 Å². The molecular formula is C26H28N2O6. The molecule has 178 valence electrons. The molecule has 2 N–H and O–H groups in total. The molecule has 2 amide bonds. The van der Waals surface area contributed by atoms with Crippen molar-refractivity contribution >= 4 is 23.2 Å². The topological polar surface area (TPSA) is 95.1 Å². The third-order valence-electron chi connectivity index (χ3n) is 4.63. The SMILES string of the molecule is CCOc1cc(C(=O)Nc2cc(NC(C)=O)ccc2OC)ccc1OCCOc1ccccc1. The zero-order chi connectivity index (χ0) is 24.3. The first-order chi connectivity index (χ1) is 16.5. The van der Waals surface area contributed by atoms with E-state index >= 15 is 0 Å². The van der Waals surface area contributed by atoms with E-state index in [9.17, 15) is 9.59 Å². The number of amides is 2. The summed E-state index contributed by atoms with van der Waals surface area (Å²) in [7, 11) is 1.50. The molecule has 0 heterocycles. The number of nitrogens with one attached hydrogen (secondary N) is 2. The molecule has 0 fully saturated rings. The predicted octanol–water partition coefficient (Wildman–Crippen LogP) is 4.76. The van der Waals surface area contributed by atoms with E-state index in [0.29, 0.717) is 54.0 Å². The summed E-state index contributed by atoms with van der Waals surface area (Å²) in [5.41, 5.74) is 1.35. The zero-order valence-corrected chi connectivity index (χ0v) is 19.4. The number of para-hydroxylation sites is 1. The highest BCUT2D eigenvalue weighted by atomic mass is 16.5.